The predicted molar refractivity (Wildman–Crippen MR) is 82.2 cm³/mol. The molecule has 19 heavy (non-hydrogen) atoms. The fourth-order valence-electron chi connectivity index (χ4n) is 2.52. The summed E-state index contributed by atoms with van der Waals surface area (Å²) in [5.74, 6) is 0. The van der Waals surface area contributed by atoms with Crippen LogP contribution in [0, 0.1) is 0 Å². The van der Waals surface area contributed by atoms with Crippen molar-refractivity contribution in [1.29, 1.82) is 0 Å². The van der Waals surface area contributed by atoms with Gasteiger partial charge in [-0.3, -0.25) is 4.99 Å². The molecule has 4 rings (SSSR count). The molecule has 0 spiro atoms. The average Bonchev–Trinajstić information content (AvgIpc) is 2.87. The Hall–Kier alpha value is -2.13. The molecule has 1 atom stereocenters. The van der Waals surface area contributed by atoms with Crippen molar-refractivity contribution in [2.45, 2.75) is 6.04 Å². The molecule has 1 unspecified atom stereocenters. The van der Waals surface area contributed by atoms with Gasteiger partial charge >= 0.3 is 0 Å². The minimum Gasteiger partial charge on any atom is -0.345 e. The predicted octanol–water partition coefficient (Wildman–Crippen LogP) is 4.44. The van der Waals surface area contributed by atoms with Crippen LogP contribution in [0.5, 0.6) is 0 Å². The van der Waals surface area contributed by atoms with Gasteiger partial charge in [-0.25, -0.2) is 0 Å². The molecule has 1 aromatic heterocycles. The van der Waals surface area contributed by atoms with Crippen LogP contribution in [-0.4, -0.2) is 6.34 Å². The van der Waals surface area contributed by atoms with E-state index in [0.29, 0.717) is 0 Å². The van der Waals surface area contributed by atoms with Crippen molar-refractivity contribution >= 4 is 33.4 Å². The second-order valence-electron chi connectivity index (χ2n) is 4.57. The van der Waals surface area contributed by atoms with E-state index in [-0.39, 0.29) is 6.04 Å². The van der Waals surface area contributed by atoms with Crippen LogP contribution in [-0.2, 0) is 0 Å². The molecule has 3 aromatic rings. The van der Waals surface area contributed by atoms with E-state index in [2.05, 4.69) is 58.8 Å². The molecule has 0 saturated carbocycles. The van der Waals surface area contributed by atoms with E-state index in [9.17, 15) is 0 Å². The van der Waals surface area contributed by atoms with Gasteiger partial charge in [0.05, 0.1) is 16.9 Å². The maximum Gasteiger partial charge on any atom is 0.113 e. The minimum absolute atomic E-state index is 0.120. The van der Waals surface area contributed by atoms with Crippen molar-refractivity contribution in [3.63, 3.8) is 0 Å². The van der Waals surface area contributed by atoms with E-state index in [1.54, 1.807) is 0 Å². The quantitative estimate of drug-likeness (QED) is 0.690. The summed E-state index contributed by atoms with van der Waals surface area (Å²) in [7, 11) is 0. The highest BCUT2D eigenvalue weighted by molar-refractivity contribution is 7.20. The SMILES string of the molecule is C1=NC(c2ccccc2)c2sc3ccccc3c2N1. The van der Waals surface area contributed by atoms with E-state index >= 15 is 0 Å². The lowest BCUT2D eigenvalue weighted by molar-refractivity contribution is 0.893. The molecule has 92 valence electrons. The number of aliphatic imine (C=N–C) groups is 1. The average molecular weight is 264 g/mol. The van der Waals surface area contributed by atoms with Crippen LogP contribution < -0.4 is 5.32 Å². The van der Waals surface area contributed by atoms with E-state index in [1.807, 2.05) is 23.7 Å². The minimum atomic E-state index is 0.120. The summed E-state index contributed by atoms with van der Waals surface area (Å²) < 4.78 is 1.31. The van der Waals surface area contributed by atoms with Crippen LogP contribution in [0.4, 0.5) is 5.69 Å². The molecular formula is C16H12N2S. The zero-order chi connectivity index (χ0) is 12.7. The third-order valence-electron chi connectivity index (χ3n) is 3.42. The van der Waals surface area contributed by atoms with Crippen molar-refractivity contribution in [2.24, 2.45) is 4.99 Å². The van der Waals surface area contributed by atoms with Crippen molar-refractivity contribution in [3.05, 3.63) is 65.0 Å². The highest BCUT2D eigenvalue weighted by Gasteiger charge is 2.23. The molecular weight excluding hydrogens is 252 g/mol. The summed E-state index contributed by atoms with van der Waals surface area (Å²) in [6.07, 6.45) is 1.82. The molecule has 0 amide bonds. The summed E-state index contributed by atoms with van der Waals surface area (Å²) in [5.41, 5.74) is 2.46. The fraction of sp³-hybridized carbons (Fsp3) is 0.0625. The topological polar surface area (TPSA) is 24.4 Å². The molecule has 2 aromatic carbocycles. The first-order chi connectivity index (χ1) is 9.43. The molecule has 0 bridgehead atoms. The number of hydrogen-bond donors (Lipinski definition) is 1. The summed E-state index contributed by atoms with van der Waals surface area (Å²) in [4.78, 5) is 5.91. The van der Waals surface area contributed by atoms with Crippen LogP contribution >= 0.6 is 11.3 Å². The molecule has 0 fully saturated rings. The lowest BCUT2D eigenvalue weighted by Crippen LogP contribution is -2.08. The first-order valence-corrected chi connectivity index (χ1v) is 7.10. The summed E-state index contributed by atoms with van der Waals surface area (Å²) in [6, 6.07) is 19.1. The molecule has 1 N–H and O–H groups in total. The number of anilines is 1. The van der Waals surface area contributed by atoms with Crippen molar-refractivity contribution in [1.82, 2.24) is 0 Å². The monoisotopic (exact) mass is 264 g/mol. The molecule has 1 aliphatic heterocycles. The van der Waals surface area contributed by atoms with Crippen molar-refractivity contribution in [3.8, 4) is 0 Å². The molecule has 0 aliphatic carbocycles. The number of hydrogen-bond acceptors (Lipinski definition) is 3. The third kappa shape index (κ3) is 1.66. The Balaban J connectivity index is 1.93. The number of nitrogens with one attached hydrogen (secondary N) is 1. The summed E-state index contributed by atoms with van der Waals surface area (Å²) >= 11 is 1.83. The highest BCUT2D eigenvalue weighted by atomic mass is 32.1. The van der Waals surface area contributed by atoms with E-state index in [1.165, 1.54) is 26.2 Å². The summed E-state index contributed by atoms with van der Waals surface area (Å²) in [5, 5.41) is 4.59. The number of rotatable bonds is 1. The van der Waals surface area contributed by atoms with Gasteiger partial charge in [-0.05, 0) is 11.6 Å². The van der Waals surface area contributed by atoms with Gasteiger partial charge in [-0.15, -0.1) is 11.3 Å². The van der Waals surface area contributed by atoms with E-state index < -0.39 is 0 Å². The molecule has 1 aliphatic rings. The first kappa shape index (κ1) is 10.8. The molecule has 3 heteroatoms. The molecule has 0 radical (unpaired) electrons. The first-order valence-electron chi connectivity index (χ1n) is 6.28. The number of thiophene rings is 1. The lowest BCUT2D eigenvalue weighted by Gasteiger charge is -2.18. The van der Waals surface area contributed by atoms with Crippen LogP contribution in [0.15, 0.2) is 59.6 Å². The van der Waals surface area contributed by atoms with E-state index in [0.717, 1.165) is 0 Å². The van der Waals surface area contributed by atoms with Crippen LogP contribution in [0.2, 0.25) is 0 Å². The van der Waals surface area contributed by atoms with Crippen LogP contribution in [0.1, 0.15) is 16.5 Å². The molecule has 0 saturated heterocycles. The number of nitrogens with zero attached hydrogens (tertiary/aromatic N) is 1. The van der Waals surface area contributed by atoms with Gasteiger partial charge in [0, 0.05) is 10.1 Å². The standard InChI is InChI=1S/C16H12N2S/c1-2-6-11(7-3-1)14-16-15(18-10-17-14)12-8-4-5-9-13(12)19-16/h1-10,14H,(H,17,18). The van der Waals surface area contributed by atoms with Gasteiger partial charge in [0.1, 0.15) is 6.04 Å². The van der Waals surface area contributed by atoms with Gasteiger partial charge in [0.2, 0.25) is 0 Å². The van der Waals surface area contributed by atoms with Crippen molar-refractivity contribution < 1.29 is 0 Å². The highest BCUT2D eigenvalue weighted by Crippen LogP contribution is 2.44. The fourth-order valence-corrected chi connectivity index (χ4v) is 3.77. The zero-order valence-corrected chi connectivity index (χ0v) is 11.0. The van der Waals surface area contributed by atoms with Gasteiger partial charge in [-0.1, -0.05) is 48.5 Å². The van der Waals surface area contributed by atoms with Gasteiger partial charge in [0.25, 0.3) is 0 Å². The Kier molecular flexibility index (Phi) is 2.38. The normalized spacial score (nSPS) is 17.2. The number of benzene rings is 2. The maximum absolute atomic E-state index is 4.61. The Labute approximate surface area is 115 Å². The van der Waals surface area contributed by atoms with Crippen molar-refractivity contribution in [2.75, 3.05) is 5.32 Å². The molecule has 2 nitrogen and oxygen atoms in total. The maximum atomic E-state index is 4.61. The van der Waals surface area contributed by atoms with Crippen LogP contribution in [0.3, 0.4) is 0 Å². The Morgan fingerprint density at radius 2 is 1.74 bits per heavy atom. The van der Waals surface area contributed by atoms with E-state index in [4.69, 9.17) is 0 Å². The smallest absolute Gasteiger partial charge is 0.113 e. The summed E-state index contributed by atoms with van der Waals surface area (Å²) in [6.45, 7) is 0. The van der Waals surface area contributed by atoms with Gasteiger partial charge in [-0.2, -0.15) is 0 Å². The Morgan fingerprint density at radius 1 is 0.947 bits per heavy atom. The third-order valence-corrected chi connectivity index (χ3v) is 4.64. The Bertz CT molecular complexity index is 759. The zero-order valence-electron chi connectivity index (χ0n) is 10.2. The second-order valence-corrected chi connectivity index (χ2v) is 5.66. The van der Waals surface area contributed by atoms with Gasteiger partial charge < -0.3 is 5.32 Å². The Morgan fingerprint density at radius 3 is 2.63 bits per heavy atom. The largest absolute Gasteiger partial charge is 0.345 e. The number of fused-ring (bicyclic) bond motifs is 3. The second kappa shape index (κ2) is 4.21. The van der Waals surface area contributed by atoms with Crippen LogP contribution in [0.25, 0.3) is 10.1 Å². The molecule has 2 heterocycles. The van der Waals surface area contributed by atoms with Gasteiger partial charge in [0.15, 0.2) is 0 Å². The lowest BCUT2D eigenvalue weighted by atomic mass is 10.0.